The van der Waals surface area contributed by atoms with Crippen LogP contribution in [-0.2, 0) is 0 Å². The van der Waals surface area contributed by atoms with Crippen molar-refractivity contribution in [2.75, 3.05) is 6.61 Å². The lowest BCUT2D eigenvalue weighted by molar-refractivity contribution is -0.386. The van der Waals surface area contributed by atoms with E-state index in [1.54, 1.807) is 26.8 Å². The van der Waals surface area contributed by atoms with E-state index in [0.29, 0.717) is 16.5 Å². The lowest BCUT2D eigenvalue weighted by Gasteiger charge is -2.17. The number of nitro groups is 1. The van der Waals surface area contributed by atoms with Crippen LogP contribution in [0.1, 0.15) is 25.8 Å². The maximum absolute atomic E-state index is 10.9. The fourth-order valence-corrected chi connectivity index (χ4v) is 2.00. The van der Waals surface area contributed by atoms with E-state index in [2.05, 4.69) is 15.9 Å². The first-order chi connectivity index (χ1) is 8.20. The van der Waals surface area contributed by atoms with Crippen LogP contribution in [0.2, 0.25) is 0 Å². The van der Waals surface area contributed by atoms with Gasteiger partial charge in [-0.15, -0.1) is 0 Å². The van der Waals surface area contributed by atoms with Crippen LogP contribution < -0.4 is 4.74 Å². The van der Waals surface area contributed by atoms with Crippen molar-refractivity contribution in [3.63, 3.8) is 0 Å². The summed E-state index contributed by atoms with van der Waals surface area (Å²) < 4.78 is 6.08. The van der Waals surface area contributed by atoms with E-state index in [1.807, 2.05) is 0 Å². The average Bonchev–Trinajstić information content (AvgIpc) is 2.18. The van der Waals surface area contributed by atoms with E-state index in [9.17, 15) is 15.2 Å². The van der Waals surface area contributed by atoms with Gasteiger partial charge in [0.15, 0.2) is 5.75 Å². The van der Waals surface area contributed by atoms with E-state index in [1.165, 1.54) is 6.07 Å². The number of aryl methyl sites for hydroxylation is 1. The van der Waals surface area contributed by atoms with E-state index in [-0.39, 0.29) is 18.0 Å². The molecule has 0 unspecified atom stereocenters. The SMILES string of the molecule is Cc1cc(Br)cc([N+](=O)[O-])c1OCCC(C)(C)O. The summed E-state index contributed by atoms with van der Waals surface area (Å²) in [5, 5.41) is 20.5. The third-order valence-electron chi connectivity index (χ3n) is 2.38. The van der Waals surface area contributed by atoms with Gasteiger partial charge in [0.25, 0.3) is 0 Å². The molecule has 0 fully saturated rings. The monoisotopic (exact) mass is 317 g/mol. The Balaban J connectivity index is 2.91. The summed E-state index contributed by atoms with van der Waals surface area (Å²) in [7, 11) is 0. The van der Waals surface area contributed by atoms with Gasteiger partial charge in [-0.2, -0.15) is 0 Å². The third-order valence-corrected chi connectivity index (χ3v) is 2.83. The molecule has 0 saturated carbocycles. The van der Waals surface area contributed by atoms with Gasteiger partial charge < -0.3 is 9.84 Å². The number of aliphatic hydroxyl groups is 1. The minimum absolute atomic E-state index is 0.0716. The summed E-state index contributed by atoms with van der Waals surface area (Å²) in [6.07, 6.45) is 0.402. The Morgan fingerprint density at radius 1 is 1.50 bits per heavy atom. The van der Waals surface area contributed by atoms with E-state index >= 15 is 0 Å². The summed E-state index contributed by atoms with van der Waals surface area (Å²) in [6, 6.07) is 3.17. The summed E-state index contributed by atoms with van der Waals surface area (Å²) >= 11 is 3.22. The molecule has 0 bridgehead atoms. The number of nitro benzene ring substituents is 1. The normalized spacial score (nSPS) is 11.4. The van der Waals surface area contributed by atoms with Gasteiger partial charge in [-0.05, 0) is 32.4 Å². The van der Waals surface area contributed by atoms with Crippen LogP contribution in [0.5, 0.6) is 5.75 Å². The molecular formula is C12H16BrNO4. The van der Waals surface area contributed by atoms with Crippen molar-refractivity contribution in [2.24, 2.45) is 0 Å². The van der Waals surface area contributed by atoms with Crippen LogP contribution in [-0.4, -0.2) is 22.2 Å². The molecule has 18 heavy (non-hydrogen) atoms. The molecule has 1 N–H and O–H groups in total. The van der Waals surface area contributed by atoms with Gasteiger partial charge in [0, 0.05) is 17.0 Å². The Morgan fingerprint density at radius 2 is 2.11 bits per heavy atom. The minimum atomic E-state index is -0.849. The van der Waals surface area contributed by atoms with Gasteiger partial charge in [0.05, 0.1) is 17.1 Å². The Morgan fingerprint density at radius 3 is 2.61 bits per heavy atom. The molecule has 0 aromatic heterocycles. The second-order valence-electron chi connectivity index (χ2n) is 4.74. The molecule has 6 heteroatoms. The first-order valence-corrected chi connectivity index (χ1v) is 6.30. The van der Waals surface area contributed by atoms with Gasteiger partial charge in [0.1, 0.15) is 0 Å². The molecule has 0 aliphatic rings. The molecular weight excluding hydrogens is 302 g/mol. The zero-order valence-electron chi connectivity index (χ0n) is 10.6. The number of hydrogen-bond donors (Lipinski definition) is 1. The first-order valence-electron chi connectivity index (χ1n) is 5.50. The third kappa shape index (κ3) is 4.27. The van der Waals surface area contributed by atoms with Gasteiger partial charge in [-0.1, -0.05) is 15.9 Å². The van der Waals surface area contributed by atoms with Gasteiger partial charge in [0.2, 0.25) is 0 Å². The summed E-state index contributed by atoms with van der Waals surface area (Å²) in [6.45, 7) is 5.31. The lowest BCUT2D eigenvalue weighted by Crippen LogP contribution is -2.22. The van der Waals surface area contributed by atoms with Crippen LogP contribution in [0, 0.1) is 17.0 Å². The lowest BCUT2D eigenvalue weighted by atomic mass is 10.1. The molecule has 0 saturated heterocycles. The quantitative estimate of drug-likeness (QED) is 0.668. The zero-order chi connectivity index (χ0) is 13.9. The van der Waals surface area contributed by atoms with Crippen molar-refractivity contribution >= 4 is 21.6 Å². The van der Waals surface area contributed by atoms with Crippen molar-refractivity contribution in [1.29, 1.82) is 0 Å². The Bertz CT molecular complexity index is 454. The number of hydrogen-bond acceptors (Lipinski definition) is 4. The average molecular weight is 318 g/mol. The molecule has 0 aliphatic heterocycles. The van der Waals surface area contributed by atoms with Crippen molar-refractivity contribution < 1.29 is 14.8 Å². The zero-order valence-corrected chi connectivity index (χ0v) is 12.2. The van der Waals surface area contributed by atoms with Crippen LogP contribution >= 0.6 is 15.9 Å². The predicted octanol–water partition coefficient (Wildman–Crippen LogP) is 3.21. The highest BCUT2D eigenvalue weighted by atomic mass is 79.9. The fraction of sp³-hybridized carbons (Fsp3) is 0.500. The topological polar surface area (TPSA) is 72.6 Å². The molecule has 0 radical (unpaired) electrons. The molecule has 1 aromatic rings. The first kappa shape index (κ1) is 14.9. The molecule has 1 aromatic carbocycles. The van der Waals surface area contributed by atoms with Crippen LogP contribution in [0.3, 0.4) is 0 Å². The van der Waals surface area contributed by atoms with Crippen molar-refractivity contribution in [1.82, 2.24) is 0 Å². The molecule has 0 atom stereocenters. The van der Waals surface area contributed by atoms with Crippen LogP contribution in [0.15, 0.2) is 16.6 Å². The van der Waals surface area contributed by atoms with Gasteiger partial charge in [-0.25, -0.2) is 0 Å². The molecule has 0 aliphatic carbocycles. The van der Waals surface area contributed by atoms with Crippen molar-refractivity contribution in [3.05, 3.63) is 32.3 Å². The standard InChI is InChI=1S/C12H16BrNO4/c1-8-6-9(13)7-10(14(16)17)11(8)18-5-4-12(2,3)15/h6-7,15H,4-5H2,1-3H3. The van der Waals surface area contributed by atoms with Crippen molar-refractivity contribution in [2.45, 2.75) is 32.8 Å². The summed E-state index contributed by atoms with van der Waals surface area (Å²) in [5.74, 6) is 0.257. The number of nitrogens with zero attached hydrogens (tertiary/aromatic N) is 1. The Labute approximate surface area is 114 Å². The van der Waals surface area contributed by atoms with E-state index < -0.39 is 10.5 Å². The van der Waals surface area contributed by atoms with Crippen LogP contribution in [0.25, 0.3) is 0 Å². The summed E-state index contributed by atoms with van der Waals surface area (Å²) in [4.78, 5) is 10.5. The molecule has 1 rings (SSSR count). The number of halogens is 1. The van der Waals surface area contributed by atoms with E-state index in [4.69, 9.17) is 4.74 Å². The minimum Gasteiger partial charge on any atom is -0.487 e. The fourth-order valence-electron chi connectivity index (χ4n) is 1.44. The van der Waals surface area contributed by atoms with Crippen LogP contribution in [0.4, 0.5) is 5.69 Å². The largest absolute Gasteiger partial charge is 0.487 e. The van der Waals surface area contributed by atoms with Gasteiger partial charge in [-0.3, -0.25) is 10.1 Å². The summed E-state index contributed by atoms with van der Waals surface area (Å²) in [5.41, 5.74) is -0.234. The van der Waals surface area contributed by atoms with E-state index in [0.717, 1.165) is 0 Å². The number of benzene rings is 1. The number of rotatable bonds is 5. The maximum Gasteiger partial charge on any atom is 0.312 e. The second kappa shape index (κ2) is 5.67. The molecule has 0 amide bonds. The highest BCUT2D eigenvalue weighted by Crippen LogP contribution is 2.34. The Kier molecular flexibility index (Phi) is 4.70. The van der Waals surface area contributed by atoms with Crippen molar-refractivity contribution in [3.8, 4) is 5.75 Å². The maximum atomic E-state index is 10.9. The predicted molar refractivity (Wildman–Crippen MR) is 71.9 cm³/mol. The highest BCUT2D eigenvalue weighted by Gasteiger charge is 2.20. The smallest absolute Gasteiger partial charge is 0.312 e. The molecule has 0 spiro atoms. The molecule has 5 nitrogen and oxygen atoms in total. The molecule has 100 valence electrons. The highest BCUT2D eigenvalue weighted by molar-refractivity contribution is 9.10. The second-order valence-corrected chi connectivity index (χ2v) is 5.65. The Hall–Kier alpha value is -1.14. The van der Waals surface area contributed by atoms with Gasteiger partial charge >= 0.3 is 5.69 Å². The molecule has 0 heterocycles. The number of ether oxygens (including phenoxy) is 1.